The number of thiophene rings is 1. The van der Waals surface area contributed by atoms with Gasteiger partial charge in [0.25, 0.3) is 0 Å². The van der Waals surface area contributed by atoms with E-state index in [4.69, 9.17) is 4.42 Å². The SMILES string of the molecule is C=c1cc(-n2c3ccccc3c3cc(-c4ccc5oc6ccc(-c7cccc8ccccc78)cc6c5c4)ccc32)cc/c1=C/c1c(C)ccc2sc3ccccc3c12. The van der Waals surface area contributed by atoms with E-state index in [0.29, 0.717) is 0 Å². The summed E-state index contributed by atoms with van der Waals surface area (Å²) in [5.74, 6) is 0. The van der Waals surface area contributed by atoms with Gasteiger partial charge >= 0.3 is 0 Å². The van der Waals surface area contributed by atoms with Crippen molar-refractivity contribution in [1.82, 2.24) is 4.57 Å². The summed E-state index contributed by atoms with van der Waals surface area (Å²) in [4.78, 5) is 0. The smallest absolute Gasteiger partial charge is 0.135 e. The zero-order valence-corrected chi connectivity index (χ0v) is 32.6. The molecule has 0 saturated carbocycles. The van der Waals surface area contributed by atoms with E-state index in [0.717, 1.165) is 43.6 Å². The number of hydrogen-bond acceptors (Lipinski definition) is 2. The molecule has 0 atom stereocenters. The molecular formula is C55H35NOS. The van der Waals surface area contributed by atoms with E-state index in [9.17, 15) is 0 Å². The van der Waals surface area contributed by atoms with Gasteiger partial charge in [-0.2, -0.15) is 0 Å². The first-order valence-corrected chi connectivity index (χ1v) is 20.6. The molecule has 2 nitrogen and oxygen atoms in total. The second kappa shape index (κ2) is 12.7. The fourth-order valence-corrected chi connectivity index (χ4v) is 10.3. The van der Waals surface area contributed by atoms with Gasteiger partial charge in [-0.1, -0.05) is 116 Å². The Balaban J connectivity index is 0.968. The highest BCUT2D eigenvalue weighted by atomic mass is 32.1. The van der Waals surface area contributed by atoms with Gasteiger partial charge in [0.05, 0.1) is 11.0 Å². The van der Waals surface area contributed by atoms with Crippen LogP contribution in [0.15, 0.2) is 180 Å². The van der Waals surface area contributed by atoms with Gasteiger partial charge in [0.15, 0.2) is 0 Å². The quantitative estimate of drug-likeness (QED) is 0.175. The van der Waals surface area contributed by atoms with E-state index in [1.54, 1.807) is 0 Å². The first kappa shape index (κ1) is 33.0. The van der Waals surface area contributed by atoms with Crippen molar-refractivity contribution < 1.29 is 4.42 Å². The van der Waals surface area contributed by atoms with Gasteiger partial charge in [-0.3, -0.25) is 0 Å². The first-order chi connectivity index (χ1) is 28.6. The lowest BCUT2D eigenvalue weighted by atomic mass is 9.96. The highest BCUT2D eigenvalue weighted by Crippen LogP contribution is 2.40. The average molecular weight is 758 g/mol. The number of nitrogens with zero attached hydrogens (tertiary/aromatic N) is 1. The Morgan fingerprint density at radius 1 is 0.517 bits per heavy atom. The summed E-state index contributed by atoms with van der Waals surface area (Å²) in [5, 5.41) is 12.0. The van der Waals surface area contributed by atoms with Gasteiger partial charge in [-0.25, -0.2) is 0 Å². The number of hydrogen-bond donors (Lipinski definition) is 0. The fourth-order valence-electron chi connectivity index (χ4n) is 9.19. The number of benzene rings is 9. The minimum atomic E-state index is 0.895. The summed E-state index contributed by atoms with van der Waals surface area (Å²) in [5.41, 5.74) is 12.5. The predicted molar refractivity (Wildman–Crippen MR) is 249 cm³/mol. The third kappa shape index (κ3) is 5.04. The van der Waals surface area contributed by atoms with Gasteiger partial charge in [0.2, 0.25) is 0 Å². The molecule has 272 valence electrons. The van der Waals surface area contributed by atoms with E-state index < -0.39 is 0 Å². The Morgan fingerprint density at radius 3 is 2.03 bits per heavy atom. The van der Waals surface area contributed by atoms with E-state index in [1.807, 2.05) is 11.3 Å². The van der Waals surface area contributed by atoms with Crippen LogP contribution in [0.5, 0.6) is 0 Å². The molecule has 0 saturated heterocycles. The Labute approximate surface area is 338 Å². The molecule has 0 bridgehead atoms. The van der Waals surface area contributed by atoms with Crippen LogP contribution < -0.4 is 10.4 Å². The van der Waals surface area contributed by atoms with E-state index in [-0.39, 0.29) is 0 Å². The molecule has 0 amide bonds. The molecular weight excluding hydrogens is 723 g/mol. The third-order valence-corrected chi connectivity index (χ3v) is 13.2. The highest BCUT2D eigenvalue weighted by molar-refractivity contribution is 7.25. The van der Waals surface area contributed by atoms with Crippen molar-refractivity contribution in [3.8, 4) is 27.9 Å². The molecule has 3 heterocycles. The number of aromatic nitrogens is 1. The molecule has 3 heteroatoms. The Morgan fingerprint density at radius 2 is 1.19 bits per heavy atom. The van der Waals surface area contributed by atoms with E-state index in [2.05, 4.69) is 200 Å². The number of fused-ring (bicyclic) bond motifs is 10. The van der Waals surface area contributed by atoms with E-state index >= 15 is 0 Å². The van der Waals surface area contributed by atoms with Crippen LogP contribution in [0, 0.1) is 6.92 Å². The normalized spacial score (nSPS) is 12.4. The zero-order chi connectivity index (χ0) is 38.5. The van der Waals surface area contributed by atoms with Gasteiger partial charge in [0, 0.05) is 47.4 Å². The number of furan rings is 1. The number of para-hydroxylation sites is 1. The summed E-state index contributed by atoms with van der Waals surface area (Å²) >= 11 is 1.86. The van der Waals surface area contributed by atoms with Crippen LogP contribution in [0.25, 0.3) is 115 Å². The molecule has 58 heavy (non-hydrogen) atoms. The average Bonchev–Trinajstić information content (AvgIpc) is 3.94. The minimum absolute atomic E-state index is 0.895. The maximum Gasteiger partial charge on any atom is 0.135 e. The molecule has 0 aliphatic heterocycles. The summed E-state index contributed by atoms with van der Waals surface area (Å²) in [6.45, 7) is 6.80. The molecule has 0 N–H and O–H groups in total. The van der Waals surface area contributed by atoms with Crippen LogP contribution in [0.4, 0.5) is 0 Å². The molecule has 0 unspecified atom stereocenters. The lowest BCUT2D eigenvalue weighted by Gasteiger charge is -2.09. The van der Waals surface area contributed by atoms with Crippen LogP contribution in [0.3, 0.4) is 0 Å². The Hall–Kier alpha value is -7.20. The summed E-state index contributed by atoms with van der Waals surface area (Å²) < 4.78 is 11.4. The van der Waals surface area contributed by atoms with Crippen molar-refractivity contribution in [2.75, 3.05) is 0 Å². The predicted octanol–water partition coefficient (Wildman–Crippen LogP) is 14.1. The first-order valence-electron chi connectivity index (χ1n) is 19.8. The van der Waals surface area contributed by atoms with Gasteiger partial charge in [-0.05, 0) is 134 Å². The van der Waals surface area contributed by atoms with E-state index in [1.165, 1.54) is 80.6 Å². The summed E-state index contributed by atoms with van der Waals surface area (Å²) in [6.07, 6.45) is 2.32. The number of rotatable bonds is 4. The van der Waals surface area contributed by atoms with Crippen molar-refractivity contribution in [1.29, 1.82) is 0 Å². The Bertz CT molecular complexity index is 3780. The monoisotopic (exact) mass is 757 g/mol. The summed E-state index contributed by atoms with van der Waals surface area (Å²) in [7, 11) is 0. The lowest BCUT2D eigenvalue weighted by molar-refractivity contribution is 0.669. The highest BCUT2D eigenvalue weighted by Gasteiger charge is 2.16. The van der Waals surface area contributed by atoms with Crippen molar-refractivity contribution in [3.05, 3.63) is 197 Å². The molecule has 0 spiro atoms. The van der Waals surface area contributed by atoms with Gasteiger partial charge in [-0.15, -0.1) is 11.3 Å². The second-order valence-corrected chi connectivity index (χ2v) is 16.5. The largest absolute Gasteiger partial charge is 0.456 e. The maximum absolute atomic E-state index is 6.38. The van der Waals surface area contributed by atoms with Crippen molar-refractivity contribution in [2.45, 2.75) is 6.92 Å². The van der Waals surface area contributed by atoms with Crippen molar-refractivity contribution >= 4 is 98.7 Å². The third-order valence-electron chi connectivity index (χ3n) is 12.1. The van der Waals surface area contributed by atoms with Gasteiger partial charge < -0.3 is 8.98 Å². The second-order valence-electron chi connectivity index (χ2n) is 15.4. The maximum atomic E-state index is 6.38. The molecule has 0 aliphatic rings. The van der Waals surface area contributed by atoms with Gasteiger partial charge in [0.1, 0.15) is 11.2 Å². The van der Waals surface area contributed by atoms with Crippen molar-refractivity contribution in [2.24, 2.45) is 0 Å². The van der Waals surface area contributed by atoms with Crippen LogP contribution >= 0.6 is 11.3 Å². The summed E-state index contributed by atoms with van der Waals surface area (Å²) in [6, 6.07) is 63.8. The molecule has 0 radical (unpaired) electrons. The standard InChI is InChI=1S/C55H35NOS/c1-33-18-27-54-55(44-14-6-8-17-53(44)58-54)45(33)29-36-19-23-40(28-34(36)2)56-49-16-7-5-13-43(49)46-30-37(20-24-50(46)56)38-21-25-51-47(31-38)48-32-39(22-26-52(48)57-51)42-15-9-11-35-10-3-4-12-41(35)42/h3-32H,2H2,1H3/b36-29-. The topological polar surface area (TPSA) is 18.1 Å². The molecule has 12 rings (SSSR count). The molecule has 0 aliphatic carbocycles. The molecule has 0 fully saturated rings. The zero-order valence-electron chi connectivity index (χ0n) is 31.8. The Kier molecular flexibility index (Phi) is 7.20. The van der Waals surface area contributed by atoms with Crippen LogP contribution in [0.2, 0.25) is 0 Å². The lowest BCUT2D eigenvalue weighted by Crippen LogP contribution is -2.23. The molecule has 12 aromatic rings. The number of aryl methyl sites for hydroxylation is 1. The molecule has 3 aromatic heterocycles. The van der Waals surface area contributed by atoms with Crippen LogP contribution in [-0.2, 0) is 0 Å². The van der Waals surface area contributed by atoms with Crippen molar-refractivity contribution in [3.63, 3.8) is 0 Å². The van der Waals surface area contributed by atoms with Crippen LogP contribution in [0.1, 0.15) is 11.1 Å². The van der Waals surface area contributed by atoms with Crippen LogP contribution in [-0.4, -0.2) is 4.57 Å². The fraction of sp³-hybridized carbons (Fsp3) is 0.0182. The molecule has 9 aromatic carbocycles. The minimum Gasteiger partial charge on any atom is -0.456 e.